The Morgan fingerprint density at radius 1 is 1.18 bits per heavy atom. The minimum atomic E-state index is 0.281. The van der Waals surface area contributed by atoms with Crippen LogP contribution in [0.2, 0.25) is 0 Å². The zero-order valence-corrected chi connectivity index (χ0v) is 10.9. The maximum absolute atomic E-state index is 12.0. The van der Waals surface area contributed by atoms with Crippen LogP contribution in [0.4, 0.5) is 0 Å². The Kier molecular flexibility index (Phi) is 4.80. The topological polar surface area (TPSA) is 32.8 Å². The number of ether oxygens (including phenoxy) is 1. The lowest BCUT2D eigenvalue weighted by Crippen LogP contribution is -2.47. The third-order valence-corrected chi connectivity index (χ3v) is 4.01. The van der Waals surface area contributed by atoms with E-state index in [2.05, 4.69) is 11.8 Å². The molecule has 0 atom stereocenters. The fraction of sp³-hybridized carbons (Fsp3) is 0.923. The van der Waals surface area contributed by atoms with Crippen molar-refractivity contribution in [3.8, 4) is 0 Å². The van der Waals surface area contributed by atoms with E-state index in [9.17, 15) is 4.79 Å². The van der Waals surface area contributed by atoms with E-state index < -0.39 is 0 Å². The van der Waals surface area contributed by atoms with Crippen LogP contribution >= 0.6 is 0 Å². The molecule has 0 aromatic heterocycles. The Morgan fingerprint density at radius 2 is 1.82 bits per heavy atom. The molecule has 2 aliphatic rings. The first-order valence-corrected chi connectivity index (χ1v) is 6.87. The summed E-state index contributed by atoms with van der Waals surface area (Å²) in [7, 11) is 0. The second kappa shape index (κ2) is 6.36. The second-order valence-electron chi connectivity index (χ2n) is 5.12. The van der Waals surface area contributed by atoms with E-state index in [-0.39, 0.29) is 5.91 Å². The van der Waals surface area contributed by atoms with Crippen LogP contribution in [0.3, 0.4) is 0 Å². The number of nitrogens with zero attached hydrogens (tertiary/aromatic N) is 2. The fourth-order valence-corrected chi connectivity index (χ4v) is 2.66. The molecular weight excluding hydrogens is 216 g/mol. The highest BCUT2D eigenvalue weighted by Gasteiger charge is 2.23. The lowest BCUT2D eigenvalue weighted by Gasteiger charge is -2.33. The van der Waals surface area contributed by atoms with Gasteiger partial charge in [0.05, 0.1) is 19.8 Å². The summed E-state index contributed by atoms with van der Waals surface area (Å²) in [4.78, 5) is 16.3. The molecule has 2 saturated heterocycles. The number of hydrogen-bond donors (Lipinski definition) is 0. The SMILES string of the molecule is CCC1CCN(CC(=O)N2CCOCC2)CC1. The van der Waals surface area contributed by atoms with Gasteiger partial charge in [0.25, 0.3) is 0 Å². The summed E-state index contributed by atoms with van der Waals surface area (Å²) < 4.78 is 5.26. The van der Waals surface area contributed by atoms with E-state index in [0.29, 0.717) is 19.8 Å². The molecule has 0 aromatic rings. The maximum Gasteiger partial charge on any atom is 0.236 e. The highest BCUT2D eigenvalue weighted by Crippen LogP contribution is 2.19. The molecule has 4 heteroatoms. The van der Waals surface area contributed by atoms with Crippen LogP contribution in [0.1, 0.15) is 26.2 Å². The van der Waals surface area contributed by atoms with Crippen molar-refractivity contribution >= 4 is 5.91 Å². The fourth-order valence-electron chi connectivity index (χ4n) is 2.66. The standard InChI is InChI=1S/C13H24N2O2/c1-2-12-3-5-14(6-4-12)11-13(16)15-7-9-17-10-8-15/h12H,2-11H2,1H3. The molecule has 0 unspecified atom stereocenters. The van der Waals surface area contributed by atoms with Crippen molar-refractivity contribution in [2.75, 3.05) is 45.9 Å². The zero-order valence-electron chi connectivity index (χ0n) is 10.9. The van der Waals surface area contributed by atoms with Gasteiger partial charge in [-0.2, -0.15) is 0 Å². The molecule has 2 rings (SSSR count). The summed E-state index contributed by atoms with van der Waals surface area (Å²) in [6.07, 6.45) is 3.80. The zero-order chi connectivity index (χ0) is 12.1. The van der Waals surface area contributed by atoms with Crippen LogP contribution < -0.4 is 0 Å². The number of rotatable bonds is 3. The van der Waals surface area contributed by atoms with Gasteiger partial charge in [-0.1, -0.05) is 13.3 Å². The molecular formula is C13H24N2O2. The number of carbonyl (C=O) groups is 1. The quantitative estimate of drug-likeness (QED) is 0.737. The normalized spacial score (nSPS) is 23.9. The van der Waals surface area contributed by atoms with Crippen molar-refractivity contribution in [3.05, 3.63) is 0 Å². The molecule has 0 aliphatic carbocycles. The van der Waals surface area contributed by atoms with Gasteiger partial charge in [0.2, 0.25) is 5.91 Å². The molecule has 0 aromatic carbocycles. The Hall–Kier alpha value is -0.610. The summed E-state index contributed by atoms with van der Waals surface area (Å²) in [5.74, 6) is 1.16. The van der Waals surface area contributed by atoms with E-state index in [4.69, 9.17) is 4.74 Å². The van der Waals surface area contributed by atoms with Gasteiger partial charge in [-0.25, -0.2) is 0 Å². The third-order valence-electron chi connectivity index (χ3n) is 4.01. The van der Waals surface area contributed by atoms with E-state index in [1.54, 1.807) is 0 Å². The average Bonchev–Trinajstić information content (AvgIpc) is 2.40. The molecule has 0 bridgehead atoms. The van der Waals surface area contributed by atoms with Crippen LogP contribution in [0.25, 0.3) is 0 Å². The van der Waals surface area contributed by atoms with E-state index >= 15 is 0 Å². The Balaban J connectivity index is 1.71. The number of morpholine rings is 1. The number of likely N-dealkylation sites (tertiary alicyclic amines) is 1. The van der Waals surface area contributed by atoms with Crippen LogP contribution in [0.15, 0.2) is 0 Å². The molecule has 0 radical (unpaired) electrons. The van der Waals surface area contributed by atoms with E-state index in [1.807, 2.05) is 4.90 Å². The van der Waals surface area contributed by atoms with Crippen LogP contribution in [0, 0.1) is 5.92 Å². The smallest absolute Gasteiger partial charge is 0.236 e. The minimum absolute atomic E-state index is 0.281. The van der Waals surface area contributed by atoms with Crippen molar-refractivity contribution in [2.24, 2.45) is 5.92 Å². The van der Waals surface area contributed by atoms with Crippen molar-refractivity contribution < 1.29 is 9.53 Å². The summed E-state index contributed by atoms with van der Waals surface area (Å²) in [6.45, 7) is 7.99. The minimum Gasteiger partial charge on any atom is -0.378 e. The molecule has 1 amide bonds. The number of hydrogen-bond acceptors (Lipinski definition) is 3. The van der Waals surface area contributed by atoms with Crippen molar-refractivity contribution in [3.63, 3.8) is 0 Å². The molecule has 4 nitrogen and oxygen atoms in total. The molecule has 98 valence electrons. The summed E-state index contributed by atoms with van der Waals surface area (Å²) in [6, 6.07) is 0. The lowest BCUT2D eigenvalue weighted by atomic mass is 9.94. The molecule has 2 aliphatic heterocycles. The van der Waals surface area contributed by atoms with Gasteiger partial charge in [-0.05, 0) is 31.8 Å². The first kappa shape index (κ1) is 12.8. The predicted octanol–water partition coefficient (Wildman–Crippen LogP) is 0.967. The number of piperidine rings is 1. The third kappa shape index (κ3) is 3.68. The first-order valence-electron chi connectivity index (χ1n) is 6.87. The predicted molar refractivity (Wildman–Crippen MR) is 66.9 cm³/mol. The van der Waals surface area contributed by atoms with Crippen molar-refractivity contribution in [1.29, 1.82) is 0 Å². The van der Waals surface area contributed by atoms with Gasteiger partial charge in [-0.3, -0.25) is 9.69 Å². The van der Waals surface area contributed by atoms with Gasteiger partial charge in [0.15, 0.2) is 0 Å². The number of amides is 1. The van der Waals surface area contributed by atoms with Crippen LogP contribution in [-0.2, 0) is 9.53 Å². The Labute approximate surface area is 104 Å². The Bertz CT molecular complexity index is 244. The Morgan fingerprint density at radius 3 is 2.41 bits per heavy atom. The largest absolute Gasteiger partial charge is 0.378 e. The van der Waals surface area contributed by atoms with Gasteiger partial charge < -0.3 is 9.64 Å². The van der Waals surface area contributed by atoms with Gasteiger partial charge >= 0.3 is 0 Å². The molecule has 2 fully saturated rings. The first-order chi connectivity index (χ1) is 8.29. The van der Waals surface area contributed by atoms with Crippen molar-refractivity contribution in [1.82, 2.24) is 9.80 Å². The lowest BCUT2D eigenvalue weighted by molar-refractivity contribution is -0.136. The van der Waals surface area contributed by atoms with E-state index in [0.717, 1.165) is 32.1 Å². The highest BCUT2D eigenvalue weighted by molar-refractivity contribution is 5.78. The molecule has 0 N–H and O–H groups in total. The maximum atomic E-state index is 12.0. The second-order valence-corrected chi connectivity index (χ2v) is 5.12. The van der Waals surface area contributed by atoms with Gasteiger partial charge in [0.1, 0.15) is 0 Å². The molecule has 0 saturated carbocycles. The van der Waals surface area contributed by atoms with E-state index in [1.165, 1.54) is 19.3 Å². The van der Waals surface area contributed by atoms with Crippen molar-refractivity contribution in [2.45, 2.75) is 26.2 Å². The van der Waals surface area contributed by atoms with Gasteiger partial charge in [-0.15, -0.1) is 0 Å². The van der Waals surface area contributed by atoms with Crippen LogP contribution in [0.5, 0.6) is 0 Å². The highest BCUT2D eigenvalue weighted by atomic mass is 16.5. The summed E-state index contributed by atoms with van der Waals surface area (Å²) >= 11 is 0. The number of carbonyl (C=O) groups excluding carboxylic acids is 1. The monoisotopic (exact) mass is 240 g/mol. The molecule has 17 heavy (non-hydrogen) atoms. The van der Waals surface area contributed by atoms with Crippen LogP contribution in [-0.4, -0.2) is 61.6 Å². The summed E-state index contributed by atoms with van der Waals surface area (Å²) in [5.41, 5.74) is 0. The van der Waals surface area contributed by atoms with Gasteiger partial charge in [0, 0.05) is 13.1 Å². The molecule has 2 heterocycles. The molecule has 0 spiro atoms. The average molecular weight is 240 g/mol. The summed E-state index contributed by atoms with van der Waals surface area (Å²) in [5, 5.41) is 0.